The minimum Gasteiger partial charge on any atom is -0.486 e. The summed E-state index contributed by atoms with van der Waals surface area (Å²) in [6, 6.07) is 2.05. The zero-order valence-electron chi connectivity index (χ0n) is 11.3. The largest absolute Gasteiger partial charge is 0.486 e. The van der Waals surface area contributed by atoms with E-state index in [-0.39, 0.29) is 18.0 Å². The second kappa shape index (κ2) is 6.65. The van der Waals surface area contributed by atoms with Gasteiger partial charge in [0.2, 0.25) is 0 Å². The fraction of sp³-hybridized carbons (Fsp3) is 0.308. The molecule has 1 aromatic carbocycles. The molecular weight excluding hydrogens is 269 g/mol. The molecule has 108 valence electrons. The summed E-state index contributed by atoms with van der Waals surface area (Å²) in [6.07, 6.45) is 1.43. The molecule has 0 bridgehead atoms. The number of rotatable bonds is 5. The van der Waals surface area contributed by atoms with Crippen LogP contribution < -0.4 is 4.74 Å². The Morgan fingerprint density at radius 2 is 2.15 bits per heavy atom. The summed E-state index contributed by atoms with van der Waals surface area (Å²) in [5.74, 6) is -1.44. The van der Waals surface area contributed by atoms with Crippen LogP contribution in [0, 0.1) is 22.9 Å². The highest BCUT2D eigenvalue weighted by atomic mass is 19.1. The van der Waals surface area contributed by atoms with Crippen LogP contribution in [0.15, 0.2) is 23.8 Å². The molecule has 0 radical (unpaired) electrons. The Morgan fingerprint density at radius 3 is 2.70 bits per heavy atom. The number of halogens is 1. The summed E-state index contributed by atoms with van der Waals surface area (Å²) in [4.78, 5) is 21.1. The van der Waals surface area contributed by atoms with Crippen LogP contribution >= 0.6 is 0 Å². The lowest BCUT2D eigenvalue weighted by molar-refractivity contribution is -0.385. The number of hydrogen-bond acceptors (Lipinski definition) is 5. The van der Waals surface area contributed by atoms with E-state index in [0.717, 1.165) is 6.07 Å². The van der Waals surface area contributed by atoms with E-state index in [1.165, 1.54) is 33.1 Å². The molecule has 20 heavy (non-hydrogen) atoms. The van der Waals surface area contributed by atoms with E-state index in [2.05, 4.69) is 4.74 Å². The number of esters is 1. The van der Waals surface area contributed by atoms with Crippen LogP contribution in [0.3, 0.4) is 0 Å². The van der Waals surface area contributed by atoms with Crippen LogP contribution in [0.4, 0.5) is 10.1 Å². The predicted molar refractivity (Wildman–Crippen MR) is 69.1 cm³/mol. The Morgan fingerprint density at radius 1 is 1.50 bits per heavy atom. The van der Waals surface area contributed by atoms with Crippen LogP contribution in [0.1, 0.15) is 12.5 Å². The van der Waals surface area contributed by atoms with E-state index in [1.54, 1.807) is 0 Å². The minimum atomic E-state index is -0.827. The quantitative estimate of drug-likeness (QED) is 0.359. The Hall–Kier alpha value is -2.44. The number of hydrogen-bond donors (Lipinski definition) is 0. The van der Waals surface area contributed by atoms with Gasteiger partial charge in [-0.05, 0) is 26.0 Å². The number of ether oxygens (including phenoxy) is 2. The molecule has 1 aromatic rings. The van der Waals surface area contributed by atoms with Gasteiger partial charge in [0.1, 0.15) is 6.61 Å². The molecule has 0 fully saturated rings. The van der Waals surface area contributed by atoms with Crippen molar-refractivity contribution in [2.24, 2.45) is 0 Å². The van der Waals surface area contributed by atoms with Crippen molar-refractivity contribution in [1.82, 2.24) is 0 Å². The SMILES string of the molecule is COC(=O)/C(C)=C/COc1cc(C)c([N+](=O)[O-])cc1F. The number of benzene rings is 1. The number of carbonyl (C=O) groups is 1. The first-order valence-electron chi connectivity index (χ1n) is 5.69. The van der Waals surface area contributed by atoms with Gasteiger partial charge in [0.05, 0.1) is 18.1 Å². The molecule has 7 heteroatoms. The Kier molecular flexibility index (Phi) is 5.19. The molecule has 0 saturated heterocycles. The lowest BCUT2D eigenvalue weighted by atomic mass is 10.2. The third kappa shape index (κ3) is 3.78. The molecular formula is C13H14FNO5. The summed E-state index contributed by atoms with van der Waals surface area (Å²) in [5.41, 5.74) is 0.308. The van der Waals surface area contributed by atoms with Crippen LogP contribution in [-0.4, -0.2) is 24.6 Å². The summed E-state index contributed by atoms with van der Waals surface area (Å²) in [6.45, 7) is 2.97. The van der Waals surface area contributed by atoms with Gasteiger partial charge in [0.15, 0.2) is 11.6 Å². The number of nitro groups is 1. The highest BCUT2D eigenvalue weighted by molar-refractivity contribution is 5.87. The van der Waals surface area contributed by atoms with Crippen molar-refractivity contribution < 1.29 is 23.6 Å². The van der Waals surface area contributed by atoms with E-state index in [1.807, 2.05) is 0 Å². The molecule has 0 unspecified atom stereocenters. The molecule has 6 nitrogen and oxygen atoms in total. The maximum Gasteiger partial charge on any atom is 0.333 e. The van der Waals surface area contributed by atoms with Gasteiger partial charge >= 0.3 is 5.97 Å². The molecule has 0 amide bonds. The number of nitro benzene ring substituents is 1. The third-order valence-electron chi connectivity index (χ3n) is 2.58. The molecule has 0 aliphatic heterocycles. The Balaban J connectivity index is 2.82. The van der Waals surface area contributed by atoms with Crippen molar-refractivity contribution >= 4 is 11.7 Å². The molecule has 0 spiro atoms. The summed E-state index contributed by atoms with van der Waals surface area (Å²) in [5, 5.41) is 10.6. The first kappa shape index (κ1) is 15.6. The lowest BCUT2D eigenvalue weighted by Crippen LogP contribution is -2.05. The van der Waals surface area contributed by atoms with Crippen LogP contribution in [0.2, 0.25) is 0 Å². The zero-order chi connectivity index (χ0) is 15.3. The van der Waals surface area contributed by atoms with Crippen molar-refractivity contribution in [3.63, 3.8) is 0 Å². The molecule has 0 aliphatic rings. The summed E-state index contributed by atoms with van der Waals surface area (Å²) in [7, 11) is 1.25. The van der Waals surface area contributed by atoms with Crippen molar-refractivity contribution in [3.05, 3.63) is 45.3 Å². The Bertz CT molecular complexity index is 568. The third-order valence-corrected chi connectivity index (χ3v) is 2.58. The van der Waals surface area contributed by atoms with Crippen LogP contribution in [-0.2, 0) is 9.53 Å². The average Bonchev–Trinajstić information content (AvgIpc) is 2.40. The van der Waals surface area contributed by atoms with Gasteiger partial charge < -0.3 is 9.47 Å². The lowest BCUT2D eigenvalue weighted by Gasteiger charge is -2.07. The fourth-order valence-electron chi connectivity index (χ4n) is 1.45. The first-order valence-corrected chi connectivity index (χ1v) is 5.69. The normalized spacial score (nSPS) is 11.1. The van der Waals surface area contributed by atoms with E-state index in [0.29, 0.717) is 11.1 Å². The Labute approximate surface area is 115 Å². The van der Waals surface area contributed by atoms with Gasteiger partial charge in [0.25, 0.3) is 5.69 Å². The van der Waals surface area contributed by atoms with Gasteiger partial charge in [-0.1, -0.05) is 0 Å². The summed E-state index contributed by atoms with van der Waals surface area (Å²) >= 11 is 0. The van der Waals surface area contributed by atoms with Crippen molar-refractivity contribution in [2.45, 2.75) is 13.8 Å². The number of aryl methyl sites for hydroxylation is 1. The van der Waals surface area contributed by atoms with Gasteiger partial charge in [-0.3, -0.25) is 10.1 Å². The van der Waals surface area contributed by atoms with Crippen LogP contribution in [0.5, 0.6) is 5.75 Å². The average molecular weight is 283 g/mol. The molecule has 0 aliphatic carbocycles. The van der Waals surface area contributed by atoms with Crippen molar-refractivity contribution in [1.29, 1.82) is 0 Å². The smallest absolute Gasteiger partial charge is 0.333 e. The molecule has 0 heterocycles. The topological polar surface area (TPSA) is 78.7 Å². The first-order chi connectivity index (χ1) is 9.36. The molecule has 1 rings (SSSR count). The molecule has 0 saturated carbocycles. The second-order valence-electron chi connectivity index (χ2n) is 4.02. The maximum absolute atomic E-state index is 13.6. The number of carbonyl (C=O) groups excluding carboxylic acids is 1. The van der Waals surface area contributed by atoms with E-state index in [9.17, 15) is 19.3 Å². The molecule has 0 atom stereocenters. The fourth-order valence-corrected chi connectivity index (χ4v) is 1.45. The van der Waals surface area contributed by atoms with Crippen LogP contribution in [0.25, 0.3) is 0 Å². The van der Waals surface area contributed by atoms with Gasteiger partial charge in [-0.2, -0.15) is 0 Å². The number of nitrogens with zero attached hydrogens (tertiary/aromatic N) is 1. The highest BCUT2D eigenvalue weighted by Crippen LogP contribution is 2.26. The predicted octanol–water partition coefficient (Wildman–Crippen LogP) is 2.54. The van der Waals surface area contributed by atoms with Gasteiger partial charge in [0, 0.05) is 11.1 Å². The van der Waals surface area contributed by atoms with Crippen molar-refractivity contribution in [2.75, 3.05) is 13.7 Å². The monoisotopic (exact) mass is 283 g/mol. The highest BCUT2D eigenvalue weighted by Gasteiger charge is 2.16. The second-order valence-corrected chi connectivity index (χ2v) is 4.02. The van der Waals surface area contributed by atoms with Crippen molar-refractivity contribution in [3.8, 4) is 5.75 Å². The van der Waals surface area contributed by atoms with E-state index >= 15 is 0 Å². The van der Waals surface area contributed by atoms with Gasteiger partial charge in [-0.15, -0.1) is 0 Å². The minimum absolute atomic E-state index is 0.0465. The standard InChI is InChI=1S/C13H14FNO5/c1-8(13(16)19-3)4-5-20-12-6-9(2)11(15(17)18)7-10(12)14/h4,6-7H,5H2,1-3H3/b8-4+. The molecule has 0 N–H and O–H groups in total. The maximum atomic E-state index is 13.6. The van der Waals surface area contributed by atoms with E-state index in [4.69, 9.17) is 4.74 Å². The zero-order valence-corrected chi connectivity index (χ0v) is 11.3. The molecule has 0 aromatic heterocycles. The number of methoxy groups -OCH3 is 1. The van der Waals surface area contributed by atoms with Gasteiger partial charge in [-0.25, -0.2) is 9.18 Å². The van der Waals surface area contributed by atoms with E-state index < -0.39 is 16.7 Å². The summed E-state index contributed by atoms with van der Waals surface area (Å²) < 4.78 is 23.2.